The highest BCUT2D eigenvalue weighted by Crippen LogP contribution is 2.25. The van der Waals surface area contributed by atoms with Gasteiger partial charge >= 0.3 is 0 Å². The van der Waals surface area contributed by atoms with Crippen LogP contribution in [0.2, 0.25) is 10.0 Å². The van der Waals surface area contributed by atoms with E-state index >= 15 is 0 Å². The number of anilines is 1. The molecule has 0 saturated heterocycles. The molecule has 0 unspecified atom stereocenters. The predicted molar refractivity (Wildman–Crippen MR) is 91.3 cm³/mol. The van der Waals surface area contributed by atoms with Crippen LogP contribution in [0.3, 0.4) is 0 Å². The molecule has 0 radical (unpaired) electrons. The smallest absolute Gasteiger partial charge is 0.240 e. The Hall–Kier alpha value is -1.67. The number of hydrogen-bond donors (Lipinski definition) is 2. The Bertz CT molecular complexity index is 842. The minimum Gasteiger partial charge on any atom is -0.325 e. The topological polar surface area (TPSA) is 75.3 Å². The summed E-state index contributed by atoms with van der Waals surface area (Å²) < 4.78 is 39.0. The highest BCUT2D eigenvalue weighted by atomic mass is 35.5. The monoisotopic (exact) mass is 390 g/mol. The van der Waals surface area contributed by atoms with Crippen LogP contribution in [0.15, 0.2) is 47.4 Å². The number of halogens is 3. The second kappa shape index (κ2) is 7.94. The summed E-state index contributed by atoms with van der Waals surface area (Å²) >= 11 is 11.7. The van der Waals surface area contributed by atoms with Gasteiger partial charge in [0.05, 0.1) is 15.6 Å². The van der Waals surface area contributed by atoms with E-state index in [9.17, 15) is 17.6 Å². The Kier molecular flexibility index (Phi) is 6.17. The summed E-state index contributed by atoms with van der Waals surface area (Å²) in [6, 6.07) is 8.98. The summed E-state index contributed by atoms with van der Waals surface area (Å²) in [6.45, 7) is -0.121. The van der Waals surface area contributed by atoms with Gasteiger partial charge in [-0.25, -0.2) is 17.5 Å². The third-order valence-corrected chi connectivity index (χ3v) is 5.01. The quantitative estimate of drug-likeness (QED) is 0.792. The minimum atomic E-state index is -3.80. The summed E-state index contributed by atoms with van der Waals surface area (Å²) in [6.07, 6.45) is -0.108. The molecule has 0 fully saturated rings. The fourth-order valence-corrected chi connectivity index (χ4v) is 3.17. The summed E-state index contributed by atoms with van der Waals surface area (Å²) in [4.78, 5) is 11.8. The maximum Gasteiger partial charge on any atom is 0.240 e. The molecule has 2 aromatic carbocycles. The van der Waals surface area contributed by atoms with Crippen LogP contribution in [0.4, 0.5) is 10.1 Å². The lowest BCUT2D eigenvalue weighted by atomic mass is 10.3. The van der Waals surface area contributed by atoms with Crippen LogP contribution in [0, 0.1) is 5.82 Å². The maximum atomic E-state index is 12.8. The second-order valence-corrected chi connectivity index (χ2v) is 7.38. The minimum absolute atomic E-state index is 0.0813. The number of carbonyl (C=O) groups excluding carboxylic acids is 1. The first kappa shape index (κ1) is 18.7. The first-order chi connectivity index (χ1) is 11.3. The lowest BCUT2D eigenvalue weighted by molar-refractivity contribution is -0.116. The molecule has 2 rings (SSSR count). The van der Waals surface area contributed by atoms with E-state index in [1.807, 2.05) is 0 Å². The second-order valence-electron chi connectivity index (χ2n) is 4.77. The van der Waals surface area contributed by atoms with Crippen molar-refractivity contribution in [2.45, 2.75) is 11.3 Å². The first-order valence-corrected chi connectivity index (χ1v) is 9.02. The largest absolute Gasteiger partial charge is 0.325 e. The van der Waals surface area contributed by atoms with Crippen LogP contribution < -0.4 is 10.0 Å². The van der Waals surface area contributed by atoms with E-state index in [4.69, 9.17) is 23.2 Å². The van der Waals surface area contributed by atoms with Crippen molar-refractivity contribution in [1.29, 1.82) is 0 Å². The number of benzene rings is 2. The normalized spacial score (nSPS) is 11.3. The number of carbonyl (C=O) groups is 1. The van der Waals surface area contributed by atoms with E-state index in [2.05, 4.69) is 10.0 Å². The van der Waals surface area contributed by atoms with E-state index in [1.54, 1.807) is 6.07 Å². The van der Waals surface area contributed by atoms with Gasteiger partial charge in [-0.2, -0.15) is 0 Å². The van der Waals surface area contributed by atoms with Gasteiger partial charge in [-0.15, -0.1) is 0 Å². The van der Waals surface area contributed by atoms with Gasteiger partial charge in [0.15, 0.2) is 0 Å². The zero-order chi connectivity index (χ0) is 17.7. The van der Waals surface area contributed by atoms with Gasteiger partial charge < -0.3 is 5.32 Å². The molecule has 0 saturated carbocycles. The third kappa shape index (κ3) is 5.17. The molecule has 128 valence electrons. The summed E-state index contributed by atoms with van der Waals surface area (Å²) in [7, 11) is -3.80. The van der Waals surface area contributed by atoms with Gasteiger partial charge in [0.2, 0.25) is 15.9 Å². The molecule has 0 aliphatic heterocycles. The average molecular weight is 391 g/mol. The van der Waals surface area contributed by atoms with Gasteiger partial charge in [0, 0.05) is 18.0 Å². The Morgan fingerprint density at radius 3 is 2.42 bits per heavy atom. The SMILES string of the molecule is O=C(CCNS(=O)(=O)c1ccc(F)cc1)Nc1cc(Cl)ccc1Cl. The molecule has 2 aromatic rings. The molecule has 0 aliphatic carbocycles. The number of hydrogen-bond acceptors (Lipinski definition) is 3. The van der Waals surface area contributed by atoms with E-state index < -0.39 is 21.7 Å². The van der Waals surface area contributed by atoms with Crippen LogP contribution in [0.25, 0.3) is 0 Å². The van der Waals surface area contributed by atoms with Crippen molar-refractivity contribution in [2.24, 2.45) is 0 Å². The Morgan fingerprint density at radius 2 is 1.75 bits per heavy atom. The van der Waals surface area contributed by atoms with Crippen molar-refractivity contribution < 1.29 is 17.6 Å². The van der Waals surface area contributed by atoms with Crippen molar-refractivity contribution >= 4 is 44.8 Å². The van der Waals surface area contributed by atoms with E-state index in [-0.39, 0.29) is 17.9 Å². The molecule has 0 aliphatic rings. The van der Waals surface area contributed by atoms with Crippen molar-refractivity contribution in [3.8, 4) is 0 Å². The summed E-state index contributed by atoms with van der Waals surface area (Å²) in [5.74, 6) is -0.965. The van der Waals surface area contributed by atoms with Crippen molar-refractivity contribution in [3.05, 3.63) is 58.3 Å². The average Bonchev–Trinajstić information content (AvgIpc) is 2.51. The molecule has 0 atom stereocenters. The Labute approximate surface area is 148 Å². The van der Waals surface area contributed by atoms with Gasteiger partial charge in [0.1, 0.15) is 5.82 Å². The first-order valence-electron chi connectivity index (χ1n) is 6.78. The zero-order valence-corrected chi connectivity index (χ0v) is 14.6. The molecule has 2 N–H and O–H groups in total. The Morgan fingerprint density at radius 1 is 1.08 bits per heavy atom. The fraction of sp³-hybridized carbons (Fsp3) is 0.133. The van der Waals surface area contributed by atoms with Crippen LogP contribution in [0.1, 0.15) is 6.42 Å². The van der Waals surface area contributed by atoms with Gasteiger partial charge in [-0.1, -0.05) is 23.2 Å². The molecule has 0 heterocycles. The summed E-state index contributed by atoms with van der Waals surface area (Å²) in [5.41, 5.74) is 0.343. The highest BCUT2D eigenvalue weighted by Gasteiger charge is 2.14. The zero-order valence-electron chi connectivity index (χ0n) is 12.2. The number of amides is 1. The van der Waals surface area contributed by atoms with E-state index in [1.165, 1.54) is 12.1 Å². The van der Waals surface area contributed by atoms with Crippen LogP contribution >= 0.6 is 23.2 Å². The van der Waals surface area contributed by atoms with E-state index in [0.717, 1.165) is 24.3 Å². The molecule has 0 spiro atoms. The molecule has 0 aromatic heterocycles. The summed E-state index contributed by atoms with van der Waals surface area (Å²) in [5, 5.41) is 3.27. The van der Waals surface area contributed by atoms with Gasteiger partial charge in [0.25, 0.3) is 0 Å². The van der Waals surface area contributed by atoms with Crippen molar-refractivity contribution in [3.63, 3.8) is 0 Å². The molecular weight excluding hydrogens is 378 g/mol. The fourth-order valence-electron chi connectivity index (χ4n) is 1.80. The Balaban J connectivity index is 1.90. The lowest BCUT2D eigenvalue weighted by Crippen LogP contribution is -2.27. The van der Waals surface area contributed by atoms with Crippen molar-refractivity contribution in [1.82, 2.24) is 4.72 Å². The molecule has 24 heavy (non-hydrogen) atoms. The van der Waals surface area contributed by atoms with Crippen LogP contribution in [-0.4, -0.2) is 20.9 Å². The lowest BCUT2D eigenvalue weighted by Gasteiger charge is -2.09. The molecule has 0 bridgehead atoms. The molecule has 5 nitrogen and oxygen atoms in total. The van der Waals surface area contributed by atoms with Crippen molar-refractivity contribution in [2.75, 3.05) is 11.9 Å². The molecule has 1 amide bonds. The van der Waals surface area contributed by atoms with Gasteiger partial charge in [-0.05, 0) is 42.5 Å². The third-order valence-electron chi connectivity index (χ3n) is 2.97. The number of nitrogens with one attached hydrogen (secondary N) is 2. The molecule has 9 heteroatoms. The number of rotatable bonds is 6. The highest BCUT2D eigenvalue weighted by molar-refractivity contribution is 7.89. The van der Waals surface area contributed by atoms with Crippen LogP contribution in [0.5, 0.6) is 0 Å². The standard InChI is InChI=1S/C15H13Cl2FN2O3S/c16-10-1-6-13(17)14(9-10)20-15(21)7-8-19-24(22,23)12-4-2-11(18)3-5-12/h1-6,9,19H,7-8H2,(H,20,21). The maximum absolute atomic E-state index is 12.8. The number of sulfonamides is 1. The predicted octanol–water partition coefficient (Wildman–Crippen LogP) is 3.44. The van der Waals surface area contributed by atoms with Gasteiger partial charge in [-0.3, -0.25) is 4.79 Å². The van der Waals surface area contributed by atoms with Crippen LogP contribution in [-0.2, 0) is 14.8 Å². The molecular formula is C15H13Cl2FN2O3S. The van der Waals surface area contributed by atoms with E-state index in [0.29, 0.717) is 15.7 Å².